The van der Waals surface area contributed by atoms with E-state index >= 15 is 0 Å². The molecule has 0 unspecified atom stereocenters. The van der Waals surface area contributed by atoms with Gasteiger partial charge >= 0.3 is 5.82 Å². The number of aromatic nitrogens is 2. The van der Waals surface area contributed by atoms with E-state index in [1.54, 1.807) is 35.9 Å². The Hall–Kier alpha value is -2.70. The standard InChI is InChI=1S/C12H12N4O3/c1-13-12(17)10-4-2-9(3-5-10)6-15-7-11(14-8-15)16(18)19/h2-5,7-8H,6H2,1H3,(H,13,17). The van der Waals surface area contributed by atoms with E-state index in [0.29, 0.717) is 12.1 Å². The van der Waals surface area contributed by atoms with E-state index in [0.717, 1.165) is 5.56 Å². The predicted molar refractivity (Wildman–Crippen MR) is 67.8 cm³/mol. The van der Waals surface area contributed by atoms with Crippen molar-refractivity contribution in [3.8, 4) is 0 Å². The van der Waals surface area contributed by atoms with Crippen LogP contribution in [0.1, 0.15) is 15.9 Å². The predicted octanol–water partition coefficient (Wildman–Crippen LogP) is 1.20. The number of imidazole rings is 1. The first-order valence-corrected chi connectivity index (χ1v) is 5.57. The van der Waals surface area contributed by atoms with E-state index in [9.17, 15) is 14.9 Å². The average Bonchev–Trinajstić information content (AvgIpc) is 2.87. The van der Waals surface area contributed by atoms with Gasteiger partial charge in [-0.2, -0.15) is 0 Å². The minimum absolute atomic E-state index is 0.148. The number of rotatable bonds is 4. The number of amides is 1. The van der Waals surface area contributed by atoms with Crippen molar-refractivity contribution < 1.29 is 9.72 Å². The third kappa shape index (κ3) is 2.95. The molecule has 0 saturated heterocycles. The molecule has 0 aliphatic rings. The topological polar surface area (TPSA) is 90.1 Å². The summed E-state index contributed by atoms with van der Waals surface area (Å²) < 4.78 is 1.62. The van der Waals surface area contributed by atoms with Crippen molar-refractivity contribution in [2.24, 2.45) is 0 Å². The molecule has 0 aliphatic heterocycles. The number of nitrogens with zero attached hydrogens (tertiary/aromatic N) is 3. The molecule has 1 amide bonds. The number of nitrogens with one attached hydrogen (secondary N) is 1. The van der Waals surface area contributed by atoms with Crippen LogP contribution in [0.2, 0.25) is 0 Å². The van der Waals surface area contributed by atoms with E-state index < -0.39 is 4.92 Å². The first-order valence-electron chi connectivity index (χ1n) is 5.57. The number of hydrogen-bond donors (Lipinski definition) is 1. The normalized spacial score (nSPS) is 10.2. The lowest BCUT2D eigenvalue weighted by atomic mass is 10.1. The van der Waals surface area contributed by atoms with Crippen molar-refractivity contribution in [1.82, 2.24) is 14.9 Å². The van der Waals surface area contributed by atoms with Crippen molar-refractivity contribution in [2.45, 2.75) is 6.54 Å². The third-order valence-corrected chi connectivity index (χ3v) is 2.62. The molecule has 0 aliphatic carbocycles. The number of hydrogen-bond acceptors (Lipinski definition) is 4. The van der Waals surface area contributed by atoms with Gasteiger partial charge in [-0.15, -0.1) is 0 Å². The molecule has 1 aromatic carbocycles. The van der Waals surface area contributed by atoms with Crippen LogP contribution in [-0.4, -0.2) is 27.4 Å². The maximum atomic E-state index is 11.4. The number of benzene rings is 1. The van der Waals surface area contributed by atoms with Gasteiger partial charge in [0, 0.05) is 12.6 Å². The maximum Gasteiger partial charge on any atom is 0.381 e. The molecule has 0 atom stereocenters. The summed E-state index contributed by atoms with van der Waals surface area (Å²) in [5, 5.41) is 13.0. The van der Waals surface area contributed by atoms with Crippen molar-refractivity contribution in [3.63, 3.8) is 0 Å². The highest BCUT2D eigenvalue weighted by atomic mass is 16.6. The second kappa shape index (κ2) is 5.30. The van der Waals surface area contributed by atoms with Crippen LogP contribution in [-0.2, 0) is 6.54 Å². The number of nitro groups is 1. The van der Waals surface area contributed by atoms with Gasteiger partial charge in [-0.1, -0.05) is 12.1 Å². The highest BCUT2D eigenvalue weighted by molar-refractivity contribution is 5.93. The molecule has 0 spiro atoms. The molecule has 1 heterocycles. The molecule has 1 N–H and O–H groups in total. The Labute approximate surface area is 109 Å². The Morgan fingerprint density at radius 2 is 2.11 bits per heavy atom. The van der Waals surface area contributed by atoms with Gasteiger partial charge in [-0.3, -0.25) is 4.79 Å². The summed E-state index contributed by atoms with van der Waals surface area (Å²) in [6.07, 6.45) is 2.78. The Morgan fingerprint density at radius 1 is 1.42 bits per heavy atom. The van der Waals surface area contributed by atoms with Crippen molar-refractivity contribution in [3.05, 3.63) is 58.0 Å². The van der Waals surface area contributed by atoms with Crippen LogP contribution in [0.25, 0.3) is 0 Å². The van der Waals surface area contributed by atoms with E-state index in [2.05, 4.69) is 10.3 Å². The fraction of sp³-hybridized carbons (Fsp3) is 0.167. The zero-order valence-electron chi connectivity index (χ0n) is 10.2. The number of carbonyl (C=O) groups excluding carboxylic acids is 1. The average molecular weight is 260 g/mol. The summed E-state index contributed by atoms with van der Waals surface area (Å²) in [6, 6.07) is 7.02. The fourth-order valence-electron chi connectivity index (χ4n) is 1.65. The molecule has 1 aromatic heterocycles. The summed E-state index contributed by atoms with van der Waals surface area (Å²) in [4.78, 5) is 25.0. The van der Waals surface area contributed by atoms with Gasteiger partial charge in [0.15, 0.2) is 0 Å². The van der Waals surface area contributed by atoms with Gasteiger partial charge in [0.25, 0.3) is 5.91 Å². The van der Waals surface area contributed by atoms with Crippen LogP contribution in [0, 0.1) is 10.1 Å². The quantitative estimate of drug-likeness (QED) is 0.660. The lowest BCUT2D eigenvalue weighted by Crippen LogP contribution is -2.17. The minimum Gasteiger partial charge on any atom is -0.358 e. The largest absolute Gasteiger partial charge is 0.381 e. The van der Waals surface area contributed by atoms with Crippen molar-refractivity contribution in [2.75, 3.05) is 7.05 Å². The SMILES string of the molecule is CNC(=O)c1ccc(Cn2cnc([N+](=O)[O-])c2)cc1. The van der Waals surface area contributed by atoms with E-state index in [-0.39, 0.29) is 11.7 Å². The van der Waals surface area contributed by atoms with Crippen LogP contribution >= 0.6 is 0 Å². The molecule has 98 valence electrons. The first-order chi connectivity index (χ1) is 9.10. The van der Waals surface area contributed by atoms with Crippen molar-refractivity contribution >= 4 is 11.7 Å². The molecule has 2 rings (SSSR count). The van der Waals surface area contributed by atoms with Crippen LogP contribution in [0.3, 0.4) is 0 Å². The summed E-state index contributed by atoms with van der Waals surface area (Å²) in [5.41, 5.74) is 1.50. The molecule has 2 aromatic rings. The zero-order chi connectivity index (χ0) is 13.8. The highest BCUT2D eigenvalue weighted by Gasteiger charge is 2.10. The second-order valence-electron chi connectivity index (χ2n) is 3.94. The van der Waals surface area contributed by atoms with Crippen LogP contribution in [0.4, 0.5) is 5.82 Å². The summed E-state index contributed by atoms with van der Waals surface area (Å²) in [7, 11) is 1.57. The maximum absolute atomic E-state index is 11.4. The fourth-order valence-corrected chi connectivity index (χ4v) is 1.65. The van der Waals surface area contributed by atoms with Crippen LogP contribution < -0.4 is 5.32 Å². The summed E-state index contributed by atoms with van der Waals surface area (Å²) >= 11 is 0. The monoisotopic (exact) mass is 260 g/mol. The van der Waals surface area contributed by atoms with Gasteiger partial charge < -0.3 is 20.0 Å². The Kier molecular flexibility index (Phi) is 3.56. The molecule has 0 bridgehead atoms. The number of carbonyl (C=O) groups is 1. The van der Waals surface area contributed by atoms with Gasteiger partial charge in [0.1, 0.15) is 6.20 Å². The zero-order valence-corrected chi connectivity index (χ0v) is 10.2. The Bertz CT molecular complexity index is 604. The highest BCUT2D eigenvalue weighted by Crippen LogP contribution is 2.10. The van der Waals surface area contributed by atoms with Gasteiger partial charge in [0.05, 0.1) is 6.54 Å². The molecular formula is C12H12N4O3. The first kappa shape index (κ1) is 12.7. The van der Waals surface area contributed by atoms with E-state index in [4.69, 9.17) is 0 Å². The molecule has 19 heavy (non-hydrogen) atoms. The molecule has 7 nitrogen and oxygen atoms in total. The molecule has 7 heteroatoms. The molecule has 0 saturated carbocycles. The summed E-state index contributed by atoms with van der Waals surface area (Å²) in [6.45, 7) is 0.467. The molecule has 0 fully saturated rings. The molecule has 0 radical (unpaired) electrons. The van der Waals surface area contributed by atoms with Crippen LogP contribution in [0.5, 0.6) is 0 Å². The lowest BCUT2D eigenvalue weighted by molar-refractivity contribution is -0.389. The lowest BCUT2D eigenvalue weighted by Gasteiger charge is -2.03. The minimum atomic E-state index is -0.537. The van der Waals surface area contributed by atoms with E-state index in [1.165, 1.54) is 12.5 Å². The second-order valence-corrected chi connectivity index (χ2v) is 3.94. The Balaban J connectivity index is 2.10. The van der Waals surface area contributed by atoms with Gasteiger partial charge in [-0.05, 0) is 27.6 Å². The Morgan fingerprint density at radius 3 is 2.63 bits per heavy atom. The van der Waals surface area contributed by atoms with E-state index in [1.807, 2.05) is 0 Å². The molecular weight excluding hydrogens is 248 g/mol. The van der Waals surface area contributed by atoms with Crippen LogP contribution in [0.15, 0.2) is 36.8 Å². The van der Waals surface area contributed by atoms with Gasteiger partial charge in [0.2, 0.25) is 6.33 Å². The third-order valence-electron chi connectivity index (χ3n) is 2.62. The van der Waals surface area contributed by atoms with Gasteiger partial charge in [-0.25, -0.2) is 0 Å². The smallest absolute Gasteiger partial charge is 0.358 e. The van der Waals surface area contributed by atoms with Crippen molar-refractivity contribution in [1.29, 1.82) is 0 Å². The summed E-state index contributed by atoms with van der Waals surface area (Å²) in [5.74, 6) is -0.327.